The van der Waals surface area contributed by atoms with E-state index < -0.39 is 27.6 Å². The second kappa shape index (κ2) is 6.33. The fourth-order valence-electron chi connectivity index (χ4n) is 1.89. The molecule has 2 aromatic carbocycles. The first-order chi connectivity index (χ1) is 10.7. The van der Waals surface area contributed by atoms with Gasteiger partial charge in [0.1, 0.15) is 11.6 Å². The summed E-state index contributed by atoms with van der Waals surface area (Å²) in [6.07, 6.45) is 0. The summed E-state index contributed by atoms with van der Waals surface area (Å²) in [7, 11) is -4.06. The zero-order valence-corrected chi connectivity index (χ0v) is 13.2. The second-order valence-electron chi connectivity index (χ2n) is 4.89. The van der Waals surface area contributed by atoms with Crippen molar-refractivity contribution in [2.24, 2.45) is 0 Å². The second-order valence-corrected chi connectivity index (χ2v) is 6.57. The molecule has 8 heteroatoms. The molecule has 0 saturated carbocycles. The van der Waals surface area contributed by atoms with Crippen molar-refractivity contribution in [3.63, 3.8) is 0 Å². The molecular weight excluding hydrogens is 326 g/mol. The first kappa shape index (κ1) is 16.9. The van der Waals surface area contributed by atoms with E-state index in [1.54, 1.807) is 0 Å². The van der Waals surface area contributed by atoms with Gasteiger partial charge in [0.15, 0.2) is 0 Å². The third-order valence-electron chi connectivity index (χ3n) is 2.98. The minimum absolute atomic E-state index is 0.112. The maximum atomic E-state index is 13.4. The third kappa shape index (κ3) is 4.04. The Morgan fingerprint density at radius 1 is 1.04 bits per heavy atom. The van der Waals surface area contributed by atoms with Crippen molar-refractivity contribution in [1.29, 1.82) is 0 Å². The Morgan fingerprint density at radius 2 is 1.74 bits per heavy atom. The fourth-order valence-corrected chi connectivity index (χ4v) is 3.04. The minimum Gasteiger partial charge on any atom is -0.325 e. The molecule has 23 heavy (non-hydrogen) atoms. The predicted octanol–water partition coefficient (Wildman–Crippen LogP) is 3.03. The topological polar surface area (TPSA) is 75.3 Å². The van der Waals surface area contributed by atoms with Crippen molar-refractivity contribution in [2.75, 3.05) is 10.0 Å². The van der Waals surface area contributed by atoms with Crippen molar-refractivity contribution >= 4 is 27.3 Å². The van der Waals surface area contributed by atoms with E-state index in [2.05, 4.69) is 10.0 Å². The van der Waals surface area contributed by atoms with E-state index in [4.69, 9.17) is 0 Å². The van der Waals surface area contributed by atoms with Crippen LogP contribution in [0.3, 0.4) is 0 Å². The number of hydrogen-bond acceptors (Lipinski definition) is 3. The van der Waals surface area contributed by atoms with Gasteiger partial charge in [-0.15, -0.1) is 0 Å². The summed E-state index contributed by atoms with van der Waals surface area (Å²) >= 11 is 0. The van der Waals surface area contributed by atoms with E-state index in [1.165, 1.54) is 19.9 Å². The summed E-state index contributed by atoms with van der Waals surface area (Å²) in [4.78, 5) is 11.0. The number of anilines is 2. The number of aryl methyl sites for hydroxylation is 1. The third-order valence-corrected chi connectivity index (χ3v) is 4.34. The minimum atomic E-state index is -4.06. The maximum Gasteiger partial charge on any atom is 0.261 e. The Labute approximate surface area is 132 Å². The van der Waals surface area contributed by atoms with Gasteiger partial charge in [-0.2, -0.15) is 0 Å². The monoisotopic (exact) mass is 340 g/mol. The normalized spacial score (nSPS) is 11.1. The zero-order chi connectivity index (χ0) is 17.2. The lowest BCUT2D eigenvalue weighted by Gasteiger charge is -2.13. The van der Waals surface area contributed by atoms with Gasteiger partial charge in [0.2, 0.25) is 5.91 Å². The van der Waals surface area contributed by atoms with Gasteiger partial charge in [-0.05, 0) is 42.8 Å². The highest BCUT2D eigenvalue weighted by molar-refractivity contribution is 7.92. The first-order valence-corrected chi connectivity index (χ1v) is 8.03. The van der Waals surface area contributed by atoms with Gasteiger partial charge in [0.25, 0.3) is 10.0 Å². The maximum absolute atomic E-state index is 13.4. The molecule has 2 rings (SSSR count). The van der Waals surface area contributed by atoms with Crippen LogP contribution in [0.15, 0.2) is 41.3 Å². The molecule has 122 valence electrons. The summed E-state index contributed by atoms with van der Waals surface area (Å²) in [6.45, 7) is 2.67. The molecule has 0 spiro atoms. The number of halogens is 2. The van der Waals surface area contributed by atoms with Gasteiger partial charge in [-0.1, -0.05) is 0 Å². The number of carbonyl (C=O) groups is 1. The highest BCUT2D eigenvalue weighted by atomic mass is 32.2. The van der Waals surface area contributed by atoms with Gasteiger partial charge in [-0.3, -0.25) is 9.52 Å². The van der Waals surface area contributed by atoms with Crippen LogP contribution >= 0.6 is 0 Å². The van der Waals surface area contributed by atoms with E-state index in [0.29, 0.717) is 0 Å². The highest BCUT2D eigenvalue weighted by Gasteiger charge is 2.18. The molecule has 0 bridgehead atoms. The van der Waals surface area contributed by atoms with Gasteiger partial charge in [0.05, 0.1) is 16.3 Å². The van der Waals surface area contributed by atoms with E-state index in [-0.39, 0.29) is 21.8 Å². The molecule has 2 N–H and O–H groups in total. The van der Waals surface area contributed by atoms with E-state index in [9.17, 15) is 22.0 Å². The molecule has 1 amide bonds. The van der Waals surface area contributed by atoms with Crippen LogP contribution in [-0.2, 0) is 14.8 Å². The summed E-state index contributed by atoms with van der Waals surface area (Å²) < 4.78 is 53.5. The van der Waals surface area contributed by atoms with Crippen molar-refractivity contribution < 1.29 is 22.0 Å². The summed E-state index contributed by atoms with van der Waals surface area (Å²) in [5.74, 6) is -1.64. The molecule has 0 fully saturated rings. The van der Waals surface area contributed by atoms with Gasteiger partial charge < -0.3 is 5.32 Å². The summed E-state index contributed by atoms with van der Waals surface area (Å²) in [6, 6.07) is 6.57. The Hall–Kier alpha value is -2.48. The predicted molar refractivity (Wildman–Crippen MR) is 82.6 cm³/mol. The van der Waals surface area contributed by atoms with Crippen LogP contribution in [0.2, 0.25) is 0 Å². The van der Waals surface area contributed by atoms with Crippen molar-refractivity contribution in [3.05, 3.63) is 53.6 Å². The van der Waals surface area contributed by atoms with E-state index in [1.807, 2.05) is 0 Å². The number of rotatable bonds is 4. The Bertz CT molecular complexity index is 867. The molecule has 5 nitrogen and oxygen atoms in total. The van der Waals surface area contributed by atoms with Crippen LogP contribution in [0.4, 0.5) is 20.2 Å². The molecule has 0 aliphatic rings. The quantitative estimate of drug-likeness (QED) is 0.898. The molecular formula is C15H14F2N2O3S. The summed E-state index contributed by atoms with van der Waals surface area (Å²) in [5, 5.41) is 2.40. The van der Waals surface area contributed by atoms with Crippen LogP contribution in [-0.4, -0.2) is 14.3 Å². The number of hydrogen-bond donors (Lipinski definition) is 2. The van der Waals surface area contributed by atoms with Crippen LogP contribution in [0, 0.1) is 18.6 Å². The molecule has 0 aliphatic heterocycles. The molecule has 0 atom stereocenters. The number of sulfonamides is 1. The van der Waals surface area contributed by atoms with Crippen LogP contribution in [0.1, 0.15) is 12.5 Å². The lowest BCUT2D eigenvalue weighted by molar-refractivity contribution is -0.114. The average molecular weight is 340 g/mol. The SMILES string of the molecule is CC(=O)Nc1ccc(F)cc1NS(=O)(=O)c1ccc(F)c(C)c1. The molecule has 0 heterocycles. The lowest BCUT2D eigenvalue weighted by atomic mass is 10.2. The van der Waals surface area contributed by atoms with E-state index >= 15 is 0 Å². The number of nitrogens with one attached hydrogen (secondary N) is 2. The molecule has 2 aromatic rings. The number of benzene rings is 2. The number of amides is 1. The van der Waals surface area contributed by atoms with Crippen LogP contribution < -0.4 is 10.0 Å². The van der Waals surface area contributed by atoms with E-state index in [0.717, 1.165) is 30.3 Å². The standard InChI is InChI=1S/C15H14F2N2O3S/c1-9-7-12(4-5-13(9)17)23(21,22)19-15-8-11(16)3-6-14(15)18-10(2)20/h3-8,19H,1-2H3,(H,18,20). The molecule has 0 aliphatic carbocycles. The average Bonchev–Trinajstić information content (AvgIpc) is 2.44. The Kier molecular flexibility index (Phi) is 4.65. The molecule has 0 radical (unpaired) electrons. The fraction of sp³-hybridized carbons (Fsp3) is 0.133. The zero-order valence-electron chi connectivity index (χ0n) is 12.4. The molecule has 0 unspecified atom stereocenters. The Morgan fingerprint density at radius 3 is 2.35 bits per heavy atom. The summed E-state index contributed by atoms with van der Waals surface area (Å²) in [5.41, 5.74) is 0.151. The smallest absolute Gasteiger partial charge is 0.261 e. The lowest BCUT2D eigenvalue weighted by Crippen LogP contribution is -2.16. The van der Waals surface area contributed by atoms with Gasteiger partial charge in [-0.25, -0.2) is 17.2 Å². The van der Waals surface area contributed by atoms with Crippen molar-refractivity contribution in [1.82, 2.24) is 0 Å². The van der Waals surface area contributed by atoms with Gasteiger partial charge in [0, 0.05) is 13.0 Å². The molecule has 0 saturated heterocycles. The first-order valence-electron chi connectivity index (χ1n) is 6.55. The van der Waals surface area contributed by atoms with Crippen LogP contribution in [0.5, 0.6) is 0 Å². The van der Waals surface area contributed by atoms with Crippen molar-refractivity contribution in [3.8, 4) is 0 Å². The van der Waals surface area contributed by atoms with Crippen LogP contribution in [0.25, 0.3) is 0 Å². The Balaban J connectivity index is 2.42. The van der Waals surface area contributed by atoms with Crippen molar-refractivity contribution in [2.45, 2.75) is 18.7 Å². The van der Waals surface area contributed by atoms with Gasteiger partial charge >= 0.3 is 0 Å². The highest BCUT2D eigenvalue weighted by Crippen LogP contribution is 2.26. The largest absolute Gasteiger partial charge is 0.325 e. The molecule has 0 aromatic heterocycles. The number of carbonyl (C=O) groups excluding carboxylic acids is 1.